The van der Waals surface area contributed by atoms with Gasteiger partial charge in [0.2, 0.25) is 5.13 Å². The number of hydrogen-bond acceptors (Lipinski definition) is 9. The van der Waals surface area contributed by atoms with E-state index in [4.69, 9.17) is 0 Å². The van der Waals surface area contributed by atoms with Gasteiger partial charge in [-0.3, -0.25) is 9.67 Å². The summed E-state index contributed by atoms with van der Waals surface area (Å²) in [6.07, 6.45) is 2.59. The minimum atomic E-state index is -1.35. The fourth-order valence-electron chi connectivity index (χ4n) is 2.48. The topological polar surface area (TPSA) is 102 Å². The van der Waals surface area contributed by atoms with Crippen molar-refractivity contribution in [1.29, 1.82) is 0 Å². The molecule has 8 nitrogen and oxygen atoms in total. The molecule has 0 saturated heterocycles. The smallest absolute Gasteiger partial charge is 0.211 e. The molecule has 1 atom stereocenters. The maximum atomic E-state index is 13.7. The minimum Gasteiger partial charge on any atom is -0.376 e. The third kappa shape index (κ3) is 4.13. The number of halogens is 2. The highest BCUT2D eigenvalue weighted by Crippen LogP contribution is 2.34. The lowest BCUT2D eigenvalue weighted by molar-refractivity contribution is 0.101. The van der Waals surface area contributed by atoms with Crippen molar-refractivity contribution in [3.8, 4) is 0 Å². The first-order valence-corrected chi connectivity index (χ1v) is 10.1. The van der Waals surface area contributed by atoms with Crippen molar-refractivity contribution in [3.05, 3.63) is 62.9 Å². The molecule has 0 fully saturated rings. The average molecular weight is 435 g/mol. The van der Waals surface area contributed by atoms with Crippen LogP contribution in [0.1, 0.15) is 28.3 Å². The first-order valence-electron chi connectivity index (χ1n) is 8.40. The second-order valence-electron chi connectivity index (χ2n) is 6.38. The lowest BCUT2D eigenvalue weighted by Crippen LogP contribution is -2.22. The van der Waals surface area contributed by atoms with Crippen LogP contribution in [0, 0.1) is 18.6 Å². The summed E-state index contributed by atoms with van der Waals surface area (Å²) in [7, 11) is 0. The van der Waals surface area contributed by atoms with Crippen molar-refractivity contribution in [1.82, 2.24) is 29.9 Å². The Bertz CT molecular complexity index is 1150. The normalized spacial score (nSPS) is 13.4. The Balaban J connectivity index is 1.47. The quantitative estimate of drug-likeness (QED) is 0.479. The van der Waals surface area contributed by atoms with Crippen LogP contribution in [0.5, 0.6) is 0 Å². The minimum absolute atomic E-state index is 0.0489. The molecular weight excluding hydrogens is 420 g/mol. The number of hydrogen-bond donors (Lipinski definition) is 2. The zero-order valence-corrected chi connectivity index (χ0v) is 16.9. The van der Waals surface area contributed by atoms with Crippen molar-refractivity contribution < 1.29 is 13.9 Å². The Kier molecular flexibility index (Phi) is 5.06. The van der Waals surface area contributed by atoms with Crippen LogP contribution in [0.15, 0.2) is 29.9 Å². The van der Waals surface area contributed by atoms with Crippen LogP contribution in [0.4, 0.5) is 19.7 Å². The maximum absolute atomic E-state index is 13.7. The number of anilines is 2. The molecule has 0 aromatic carbocycles. The molecule has 4 aromatic rings. The number of aromatic nitrogens is 6. The predicted octanol–water partition coefficient (Wildman–Crippen LogP) is 3.22. The summed E-state index contributed by atoms with van der Waals surface area (Å²) in [6.45, 7) is 3.52. The fraction of sp³-hybridized carbons (Fsp3) is 0.235. The molecule has 1 unspecified atom stereocenters. The van der Waals surface area contributed by atoms with Gasteiger partial charge in [0.05, 0.1) is 18.4 Å². The Labute approximate surface area is 171 Å². The van der Waals surface area contributed by atoms with E-state index in [1.165, 1.54) is 27.4 Å². The van der Waals surface area contributed by atoms with Crippen molar-refractivity contribution in [2.24, 2.45) is 0 Å². The number of rotatable bonds is 6. The highest BCUT2D eigenvalue weighted by atomic mass is 32.1. The second-order valence-corrected chi connectivity index (χ2v) is 8.22. The molecule has 0 aliphatic rings. The highest BCUT2D eigenvalue weighted by Gasteiger charge is 2.33. The third-order valence-corrected chi connectivity index (χ3v) is 6.17. The predicted molar refractivity (Wildman–Crippen MR) is 104 cm³/mol. The van der Waals surface area contributed by atoms with Crippen LogP contribution in [0.3, 0.4) is 0 Å². The summed E-state index contributed by atoms with van der Waals surface area (Å²) in [5.41, 5.74) is -0.443. The molecule has 4 rings (SSSR count). The monoisotopic (exact) mass is 435 g/mol. The fourth-order valence-corrected chi connectivity index (χ4v) is 4.20. The number of aryl methyl sites for hydroxylation is 1. The van der Waals surface area contributed by atoms with E-state index in [9.17, 15) is 13.9 Å². The molecule has 0 aliphatic heterocycles. The molecule has 0 radical (unpaired) electrons. The van der Waals surface area contributed by atoms with E-state index in [2.05, 4.69) is 30.6 Å². The number of pyridine rings is 1. The van der Waals surface area contributed by atoms with E-state index in [0.717, 1.165) is 18.0 Å². The van der Waals surface area contributed by atoms with Gasteiger partial charge in [-0.15, -0.1) is 21.5 Å². The molecule has 4 aromatic heterocycles. The van der Waals surface area contributed by atoms with E-state index in [-0.39, 0.29) is 12.2 Å². The van der Waals surface area contributed by atoms with Crippen LogP contribution in [0.25, 0.3) is 0 Å². The standard InChI is InChI=1S/C17H15F2N7OS2/c1-9-8-28-14(21-9)17(2,27)15-23-24-16(29-15)22-13-3-4-26(25-13)7-12-11(19)5-10(18)6-20-12/h3-6,8,27H,7H2,1-2H3,(H,22,24,25). The van der Waals surface area contributed by atoms with Crippen molar-refractivity contribution >= 4 is 33.6 Å². The van der Waals surface area contributed by atoms with Crippen molar-refractivity contribution in [2.45, 2.75) is 26.0 Å². The summed E-state index contributed by atoms with van der Waals surface area (Å²) >= 11 is 2.53. The summed E-state index contributed by atoms with van der Waals surface area (Å²) in [5.74, 6) is -1.01. The SMILES string of the molecule is Cc1csc(C(C)(O)c2nnc(Nc3ccn(Cc4ncc(F)cc4F)n3)s2)n1. The van der Waals surface area contributed by atoms with E-state index < -0.39 is 17.2 Å². The molecule has 150 valence electrons. The Morgan fingerprint density at radius 2 is 2.10 bits per heavy atom. The van der Waals surface area contributed by atoms with Crippen molar-refractivity contribution in [2.75, 3.05) is 5.32 Å². The summed E-state index contributed by atoms with van der Waals surface area (Å²) < 4.78 is 28.2. The lowest BCUT2D eigenvalue weighted by atomic mass is 10.1. The molecule has 0 amide bonds. The Morgan fingerprint density at radius 3 is 2.83 bits per heavy atom. The largest absolute Gasteiger partial charge is 0.376 e. The number of thiazole rings is 1. The molecular formula is C17H15F2N7OS2. The lowest BCUT2D eigenvalue weighted by Gasteiger charge is -2.16. The van der Waals surface area contributed by atoms with Crippen LogP contribution >= 0.6 is 22.7 Å². The molecule has 0 bridgehead atoms. The molecule has 0 aliphatic carbocycles. The van der Waals surface area contributed by atoms with Gasteiger partial charge < -0.3 is 10.4 Å². The van der Waals surface area contributed by atoms with Gasteiger partial charge in [0.15, 0.2) is 16.4 Å². The Hall–Kier alpha value is -2.83. The zero-order valence-electron chi connectivity index (χ0n) is 15.3. The van der Waals surface area contributed by atoms with Gasteiger partial charge in [0, 0.05) is 29.4 Å². The average Bonchev–Trinajstić information content (AvgIpc) is 3.40. The molecule has 2 N–H and O–H groups in total. The van der Waals surface area contributed by atoms with Crippen LogP contribution in [0.2, 0.25) is 0 Å². The van der Waals surface area contributed by atoms with E-state index in [0.29, 0.717) is 21.0 Å². The van der Waals surface area contributed by atoms with Gasteiger partial charge in [-0.2, -0.15) is 5.10 Å². The van der Waals surface area contributed by atoms with E-state index >= 15 is 0 Å². The summed E-state index contributed by atoms with van der Waals surface area (Å²) in [6, 6.07) is 2.45. The third-order valence-electron chi connectivity index (χ3n) is 3.95. The summed E-state index contributed by atoms with van der Waals surface area (Å²) in [4.78, 5) is 8.06. The molecule has 29 heavy (non-hydrogen) atoms. The zero-order chi connectivity index (χ0) is 20.6. The van der Waals surface area contributed by atoms with Gasteiger partial charge in [-0.05, 0) is 13.8 Å². The van der Waals surface area contributed by atoms with E-state index in [1.54, 1.807) is 19.2 Å². The first kappa shape index (κ1) is 19.5. The van der Waals surface area contributed by atoms with Crippen LogP contribution in [-0.4, -0.2) is 35.1 Å². The van der Waals surface area contributed by atoms with Gasteiger partial charge in [-0.25, -0.2) is 13.8 Å². The number of nitrogens with one attached hydrogen (secondary N) is 1. The second kappa shape index (κ2) is 7.54. The highest BCUT2D eigenvalue weighted by molar-refractivity contribution is 7.15. The van der Waals surface area contributed by atoms with Gasteiger partial charge in [-0.1, -0.05) is 11.3 Å². The van der Waals surface area contributed by atoms with Gasteiger partial charge >= 0.3 is 0 Å². The molecule has 0 saturated carbocycles. The molecule has 4 heterocycles. The summed E-state index contributed by atoms with van der Waals surface area (Å²) in [5, 5.41) is 29.4. The van der Waals surface area contributed by atoms with Gasteiger partial charge in [0.25, 0.3) is 0 Å². The van der Waals surface area contributed by atoms with E-state index in [1.807, 2.05) is 12.3 Å². The first-order chi connectivity index (χ1) is 13.8. The molecule has 0 spiro atoms. The molecule has 12 heteroatoms. The Morgan fingerprint density at radius 1 is 1.28 bits per heavy atom. The van der Waals surface area contributed by atoms with Crippen LogP contribution in [-0.2, 0) is 12.1 Å². The number of aliphatic hydroxyl groups is 1. The van der Waals surface area contributed by atoms with Crippen molar-refractivity contribution in [3.63, 3.8) is 0 Å². The maximum Gasteiger partial charge on any atom is 0.211 e. The van der Waals surface area contributed by atoms with Crippen LogP contribution < -0.4 is 5.32 Å². The van der Waals surface area contributed by atoms with Gasteiger partial charge in [0.1, 0.15) is 16.6 Å². The number of nitrogens with zero attached hydrogens (tertiary/aromatic N) is 6.